The lowest BCUT2D eigenvalue weighted by Crippen LogP contribution is -2.34. The van der Waals surface area contributed by atoms with Crippen molar-refractivity contribution in [2.24, 2.45) is 0 Å². The predicted molar refractivity (Wildman–Crippen MR) is 108 cm³/mol. The number of ether oxygens (including phenoxy) is 1. The zero-order chi connectivity index (χ0) is 19.1. The molecule has 2 aromatic carbocycles. The Bertz CT molecular complexity index is 866. The third-order valence-corrected chi connectivity index (χ3v) is 4.31. The molecule has 6 heteroatoms. The summed E-state index contributed by atoms with van der Waals surface area (Å²) in [7, 11) is 0. The number of furan rings is 1. The van der Waals surface area contributed by atoms with Gasteiger partial charge in [-0.05, 0) is 61.6 Å². The van der Waals surface area contributed by atoms with Crippen molar-refractivity contribution in [2.45, 2.75) is 20.0 Å². The maximum atomic E-state index is 14.1. The summed E-state index contributed by atoms with van der Waals surface area (Å²) in [6, 6.07) is 17.9. The summed E-state index contributed by atoms with van der Waals surface area (Å²) in [4.78, 5) is 1.86. The van der Waals surface area contributed by atoms with E-state index in [1.807, 2.05) is 54.3 Å². The number of nitrogens with zero attached hydrogens (tertiary/aromatic N) is 1. The SMILES string of the molecule is CCOc1ccc(NC(=S)N(Cc2ccco2)Cc2ccccc2F)cc1. The van der Waals surface area contributed by atoms with Gasteiger partial charge in [0.05, 0.1) is 19.4 Å². The largest absolute Gasteiger partial charge is 0.494 e. The number of benzene rings is 2. The van der Waals surface area contributed by atoms with Crippen LogP contribution in [0.15, 0.2) is 71.3 Å². The first kappa shape index (κ1) is 18.9. The third kappa shape index (κ3) is 5.31. The van der Waals surface area contributed by atoms with Crippen LogP contribution in [0.1, 0.15) is 18.2 Å². The second kappa shape index (κ2) is 9.19. The molecule has 140 valence electrons. The maximum Gasteiger partial charge on any atom is 0.174 e. The van der Waals surface area contributed by atoms with Crippen LogP contribution < -0.4 is 10.1 Å². The number of hydrogen-bond acceptors (Lipinski definition) is 3. The standard InChI is InChI=1S/C21H21FN2O2S/c1-2-25-18-11-9-17(10-12-18)23-21(27)24(15-19-7-5-13-26-19)14-16-6-3-4-8-20(16)22/h3-13H,2,14-15H2,1H3,(H,23,27). The van der Waals surface area contributed by atoms with Crippen LogP contribution in [0.4, 0.5) is 10.1 Å². The molecule has 0 saturated heterocycles. The van der Waals surface area contributed by atoms with E-state index in [0.29, 0.717) is 30.4 Å². The number of anilines is 1. The second-order valence-corrected chi connectivity index (χ2v) is 6.30. The van der Waals surface area contributed by atoms with E-state index in [9.17, 15) is 4.39 Å². The molecule has 27 heavy (non-hydrogen) atoms. The van der Waals surface area contributed by atoms with Gasteiger partial charge in [0.2, 0.25) is 0 Å². The van der Waals surface area contributed by atoms with Crippen molar-refractivity contribution >= 4 is 23.0 Å². The second-order valence-electron chi connectivity index (χ2n) is 5.91. The van der Waals surface area contributed by atoms with Crippen LogP contribution in [0, 0.1) is 5.82 Å². The lowest BCUT2D eigenvalue weighted by atomic mass is 10.2. The van der Waals surface area contributed by atoms with Crippen molar-refractivity contribution in [3.63, 3.8) is 0 Å². The number of halogens is 1. The normalized spacial score (nSPS) is 10.4. The van der Waals surface area contributed by atoms with Gasteiger partial charge in [-0.1, -0.05) is 18.2 Å². The molecule has 1 aromatic heterocycles. The molecule has 0 radical (unpaired) electrons. The van der Waals surface area contributed by atoms with Gasteiger partial charge in [0.25, 0.3) is 0 Å². The first-order valence-electron chi connectivity index (χ1n) is 8.70. The Kier molecular flexibility index (Phi) is 6.44. The van der Waals surface area contributed by atoms with Crippen LogP contribution in [0.25, 0.3) is 0 Å². The minimum atomic E-state index is -0.259. The van der Waals surface area contributed by atoms with E-state index in [2.05, 4.69) is 5.32 Å². The lowest BCUT2D eigenvalue weighted by molar-refractivity contribution is 0.340. The van der Waals surface area contributed by atoms with Crippen LogP contribution in [0.2, 0.25) is 0 Å². The Balaban J connectivity index is 1.74. The lowest BCUT2D eigenvalue weighted by Gasteiger charge is -2.25. The summed E-state index contributed by atoms with van der Waals surface area (Å²) >= 11 is 5.58. The minimum absolute atomic E-state index is 0.259. The van der Waals surface area contributed by atoms with Crippen LogP contribution in [-0.2, 0) is 13.1 Å². The average Bonchev–Trinajstić information content (AvgIpc) is 3.18. The van der Waals surface area contributed by atoms with Crippen molar-refractivity contribution in [1.29, 1.82) is 0 Å². The van der Waals surface area contributed by atoms with Gasteiger partial charge >= 0.3 is 0 Å². The van der Waals surface area contributed by atoms with E-state index in [-0.39, 0.29) is 5.82 Å². The van der Waals surface area contributed by atoms with Crippen LogP contribution >= 0.6 is 12.2 Å². The summed E-state index contributed by atoms with van der Waals surface area (Å²) in [5, 5.41) is 3.69. The molecular formula is C21H21FN2O2S. The first-order chi connectivity index (χ1) is 13.2. The van der Waals surface area contributed by atoms with Gasteiger partial charge in [-0.2, -0.15) is 0 Å². The van der Waals surface area contributed by atoms with Crippen molar-refractivity contribution in [3.8, 4) is 5.75 Å². The molecule has 0 aliphatic rings. The Labute approximate surface area is 163 Å². The highest BCUT2D eigenvalue weighted by molar-refractivity contribution is 7.80. The zero-order valence-corrected chi connectivity index (χ0v) is 15.8. The van der Waals surface area contributed by atoms with Crippen LogP contribution in [0.3, 0.4) is 0 Å². The predicted octanol–water partition coefficient (Wildman–Crippen LogP) is 5.22. The van der Waals surface area contributed by atoms with E-state index in [4.69, 9.17) is 21.4 Å². The molecule has 1 N–H and O–H groups in total. The summed E-state index contributed by atoms with van der Waals surface area (Å²) < 4.78 is 25.0. The van der Waals surface area contributed by atoms with Gasteiger partial charge in [-0.3, -0.25) is 0 Å². The highest BCUT2D eigenvalue weighted by Crippen LogP contribution is 2.18. The number of nitrogens with one attached hydrogen (secondary N) is 1. The highest BCUT2D eigenvalue weighted by Gasteiger charge is 2.15. The summed E-state index contributed by atoms with van der Waals surface area (Å²) in [5.41, 5.74) is 1.40. The highest BCUT2D eigenvalue weighted by atomic mass is 32.1. The summed E-state index contributed by atoms with van der Waals surface area (Å²) in [5.74, 6) is 1.29. The van der Waals surface area contributed by atoms with Gasteiger partial charge in [-0.25, -0.2) is 4.39 Å². The number of rotatable bonds is 7. The van der Waals surface area contributed by atoms with Crippen molar-refractivity contribution in [3.05, 3.63) is 84.1 Å². The first-order valence-corrected chi connectivity index (χ1v) is 9.11. The molecule has 0 unspecified atom stereocenters. The van der Waals surface area contributed by atoms with E-state index in [1.54, 1.807) is 18.4 Å². The molecule has 3 rings (SSSR count). The fourth-order valence-corrected chi connectivity index (χ4v) is 2.87. The maximum absolute atomic E-state index is 14.1. The van der Waals surface area contributed by atoms with E-state index in [0.717, 1.165) is 17.2 Å². The molecule has 0 amide bonds. The Morgan fingerprint density at radius 2 is 1.85 bits per heavy atom. The Hall–Kier alpha value is -2.86. The van der Waals surface area contributed by atoms with Gasteiger partial charge < -0.3 is 19.4 Å². The average molecular weight is 384 g/mol. The summed E-state index contributed by atoms with van der Waals surface area (Å²) in [6.45, 7) is 3.32. The fourth-order valence-electron chi connectivity index (χ4n) is 2.63. The number of hydrogen-bond donors (Lipinski definition) is 1. The van der Waals surface area contributed by atoms with Crippen molar-refractivity contribution < 1.29 is 13.5 Å². The Morgan fingerprint density at radius 1 is 1.07 bits per heavy atom. The molecule has 0 aliphatic carbocycles. The van der Waals surface area contributed by atoms with E-state index < -0.39 is 0 Å². The quantitative estimate of drug-likeness (QED) is 0.566. The Morgan fingerprint density at radius 3 is 2.52 bits per heavy atom. The molecule has 0 bridgehead atoms. The third-order valence-electron chi connectivity index (χ3n) is 3.95. The molecule has 0 atom stereocenters. The van der Waals surface area contributed by atoms with Crippen molar-refractivity contribution in [1.82, 2.24) is 4.90 Å². The van der Waals surface area contributed by atoms with Gasteiger partial charge in [-0.15, -0.1) is 0 Å². The van der Waals surface area contributed by atoms with Gasteiger partial charge in [0, 0.05) is 17.8 Å². The minimum Gasteiger partial charge on any atom is -0.494 e. The van der Waals surface area contributed by atoms with Crippen molar-refractivity contribution in [2.75, 3.05) is 11.9 Å². The smallest absolute Gasteiger partial charge is 0.174 e. The molecule has 1 heterocycles. The zero-order valence-electron chi connectivity index (χ0n) is 15.0. The van der Waals surface area contributed by atoms with E-state index >= 15 is 0 Å². The molecule has 0 spiro atoms. The molecule has 4 nitrogen and oxygen atoms in total. The number of thiocarbonyl (C=S) groups is 1. The van der Waals surface area contributed by atoms with Crippen LogP contribution in [-0.4, -0.2) is 16.6 Å². The molecule has 0 fully saturated rings. The van der Waals surface area contributed by atoms with Gasteiger partial charge in [0.15, 0.2) is 5.11 Å². The van der Waals surface area contributed by atoms with Crippen LogP contribution in [0.5, 0.6) is 5.75 Å². The summed E-state index contributed by atoms with van der Waals surface area (Å²) in [6.07, 6.45) is 1.61. The van der Waals surface area contributed by atoms with Gasteiger partial charge in [0.1, 0.15) is 17.3 Å². The molecule has 0 aliphatic heterocycles. The molecule has 3 aromatic rings. The van der Waals surface area contributed by atoms with E-state index in [1.165, 1.54) is 6.07 Å². The fraction of sp³-hybridized carbons (Fsp3) is 0.190. The monoisotopic (exact) mass is 384 g/mol. The topological polar surface area (TPSA) is 37.6 Å². The molecule has 0 saturated carbocycles. The molecular weight excluding hydrogens is 363 g/mol.